The number of aromatic hydroxyl groups is 1. The van der Waals surface area contributed by atoms with Gasteiger partial charge in [0.25, 0.3) is 5.91 Å². The van der Waals surface area contributed by atoms with E-state index in [0.717, 1.165) is 36.1 Å². The standard InChI is InChI=1S/C28H32FN3O4S/c1-16(17-2-8-22(33)9-3-17)26(34)31-20-4-6-21(7-5-20)32-27(35)23-14-19(29)15-30-25(23)24(28(32)36)18-10-12-37-13-11-18/h2-3,8-9,14-16,18,20-21,24,33H,4-7,10-13H2,1H3,(H,31,34). The molecule has 0 spiro atoms. The molecule has 3 heterocycles. The van der Waals surface area contributed by atoms with Gasteiger partial charge in [-0.15, -0.1) is 0 Å². The third kappa shape index (κ3) is 5.23. The smallest absolute Gasteiger partial charge is 0.262 e. The molecule has 2 aliphatic heterocycles. The zero-order valence-corrected chi connectivity index (χ0v) is 21.7. The third-order valence-corrected chi connectivity index (χ3v) is 9.11. The Morgan fingerprint density at radius 2 is 1.78 bits per heavy atom. The van der Waals surface area contributed by atoms with E-state index < -0.39 is 17.6 Å². The molecule has 3 aliphatic rings. The largest absolute Gasteiger partial charge is 0.508 e. The number of benzene rings is 1. The number of rotatable bonds is 5. The number of hydrogen-bond donors (Lipinski definition) is 2. The van der Waals surface area contributed by atoms with Gasteiger partial charge >= 0.3 is 0 Å². The second-order valence-electron chi connectivity index (χ2n) is 10.4. The van der Waals surface area contributed by atoms with E-state index in [0.29, 0.717) is 31.4 Å². The maximum absolute atomic E-state index is 14.1. The number of phenolic OH excluding ortho intramolecular Hbond substituents is 1. The van der Waals surface area contributed by atoms with E-state index in [4.69, 9.17) is 0 Å². The van der Waals surface area contributed by atoms with E-state index in [2.05, 4.69) is 10.3 Å². The number of aromatic nitrogens is 1. The van der Waals surface area contributed by atoms with Gasteiger partial charge in [-0.2, -0.15) is 11.8 Å². The number of hydrogen-bond acceptors (Lipinski definition) is 6. The topological polar surface area (TPSA) is 99.6 Å². The van der Waals surface area contributed by atoms with Gasteiger partial charge in [-0.05, 0) is 86.6 Å². The molecular weight excluding hydrogens is 493 g/mol. The van der Waals surface area contributed by atoms with Crippen LogP contribution in [0, 0.1) is 11.7 Å². The Hall–Kier alpha value is -2.94. The van der Waals surface area contributed by atoms with E-state index in [-0.39, 0.29) is 47.0 Å². The Morgan fingerprint density at radius 1 is 1.11 bits per heavy atom. The Kier molecular flexibility index (Phi) is 7.51. The summed E-state index contributed by atoms with van der Waals surface area (Å²) < 4.78 is 14.1. The third-order valence-electron chi connectivity index (χ3n) is 8.06. The van der Waals surface area contributed by atoms with Crippen LogP contribution in [0.3, 0.4) is 0 Å². The van der Waals surface area contributed by atoms with Crippen LogP contribution in [0.4, 0.5) is 4.39 Å². The molecule has 2 N–H and O–H groups in total. The fraction of sp³-hybridized carbons (Fsp3) is 0.500. The highest BCUT2D eigenvalue weighted by atomic mass is 32.2. The lowest BCUT2D eigenvalue weighted by atomic mass is 9.78. The van der Waals surface area contributed by atoms with Crippen LogP contribution in [-0.4, -0.2) is 56.3 Å². The van der Waals surface area contributed by atoms with E-state index in [1.54, 1.807) is 24.3 Å². The Bertz CT molecular complexity index is 1180. The molecule has 2 aromatic rings. The summed E-state index contributed by atoms with van der Waals surface area (Å²) in [6.45, 7) is 1.83. The SMILES string of the molecule is CC(C(=O)NC1CCC(N2C(=O)c3cc(F)cnc3C(C3CCSCC3)C2=O)CC1)c1ccc(O)cc1. The number of phenols is 1. The molecule has 1 saturated heterocycles. The number of carbonyl (C=O) groups excluding carboxylic acids is 3. The minimum atomic E-state index is -0.575. The molecule has 1 aromatic heterocycles. The number of nitrogens with zero attached hydrogens (tertiary/aromatic N) is 2. The van der Waals surface area contributed by atoms with Gasteiger partial charge in [0.2, 0.25) is 11.8 Å². The fourth-order valence-electron chi connectivity index (χ4n) is 5.90. The molecular formula is C28H32FN3O4S. The molecule has 9 heteroatoms. The van der Waals surface area contributed by atoms with Gasteiger partial charge in [0.15, 0.2) is 0 Å². The average molecular weight is 526 g/mol. The highest BCUT2D eigenvalue weighted by Gasteiger charge is 2.47. The lowest BCUT2D eigenvalue weighted by Crippen LogP contribution is -2.54. The maximum Gasteiger partial charge on any atom is 0.262 e. The average Bonchev–Trinajstić information content (AvgIpc) is 2.91. The molecule has 7 nitrogen and oxygen atoms in total. The van der Waals surface area contributed by atoms with Crippen molar-refractivity contribution < 1.29 is 23.9 Å². The van der Waals surface area contributed by atoms with Crippen molar-refractivity contribution in [1.29, 1.82) is 0 Å². The van der Waals surface area contributed by atoms with Gasteiger partial charge in [0.1, 0.15) is 11.6 Å². The maximum atomic E-state index is 14.1. The van der Waals surface area contributed by atoms with Gasteiger partial charge in [-0.25, -0.2) is 4.39 Å². The Morgan fingerprint density at radius 3 is 2.46 bits per heavy atom. The van der Waals surface area contributed by atoms with Crippen LogP contribution in [-0.2, 0) is 9.59 Å². The summed E-state index contributed by atoms with van der Waals surface area (Å²) in [5, 5.41) is 12.6. The molecule has 1 saturated carbocycles. The minimum absolute atomic E-state index is 0.0455. The number of fused-ring (bicyclic) bond motifs is 1. The monoisotopic (exact) mass is 525 g/mol. The number of amides is 3. The zero-order valence-electron chi connectivity index (χ0n) is 20.9. The summed E-state index contributed by atoms with van der Waals surface area (Å²) in [5.41, 5.74) is 1.45. The van der Waals surface area contributed by atoms with Crippen molar-refractivity contribution in [2.24, 2.45) is 5.92 Å². The lowest BCUT2D eigenvalue weighted by molar-refractivity contribution is -0.135. The van der Waals surface area contributed by atoms with Crippen molar-refractivity contribution in [2.75, 3.05) is 11.5 Å². The van der Waals surface area contributed by atoms with Gasteiger partial charge < -0.3 is 10.4 Å². The van der Waals surface area contributed by atoms with E-state index in [9.17, 15) is 23.9 Å². The van der Waals surface area contributed by atoms with Crippen LogP contribution in [0.2, 0.25) is 0 Å². The predicted octanol–water partition coefficient (Wildman–Crippen LogP) is 4.37. The second-order valence-corrected chi connectivity index (χ2v) is 11.6. The van der Waals surface area contributed by atoms with Crippen LogP contribution < -0.4 is 5.32 Å². The van der Waals surface area contributed by atoms with Gasteiger partial charge in [0.05, 0.1) is 29.3 Å². The number of carbonyl (C=O) groups is 3. The quantitative estimate of drug-likeness (QED) is 0.563. The highest BCUT2D eigenvalue weighted by Crippen LogP contribution is 2.41. The van der Waals surface area contributed by atoms with E-state index in [1.807, 2.05) is 18.7 Å². The van der Waals surface area contributed by atoms with Crippen LogP contribution in [0.5, 0.6) is 5.75 Å². The van der Waals surface area contributed by atoms with Crippen molar-refractivity contribution in [3.05, 3.63) is 59.2 Å². The van der Waals surface area contributed by atoms with Crippen LogP contribution in [0.1, 0.15) is 78.9 Å². The number of pyridine rings is 1. The molecule has 37 heavy (non-hydrogen) atoms. The molecule has 1 aromatic carbocycles. The molecule has 0 bridgehead atoms. The first-order valence-corrected chi connectivity index (χ1v) is 14.2. The Balaban J connectivity index is 1.28. The molecule has 0 radical (unpaired) electrons. The molecule has 2 fully saturated rings. The summed E-state index contributed by atoms with van der Waals surface area (Å²) in [6.07, 6.45) is 5.32. The Labute approximate surface area is 220 Å². The van der Waals surface area contributed by atoms with Crippen molar-refractivity contribution in [2.45, 2.75) is 69.4 Å². The second kappa shape index (κ2) is 10.8. The van der Waals surface area contributed by atoms with Gasteiger partial charge in [0, 0.05) is 12.1 Å². The molecule has 3 amide bonds. The van der Waals surface area contributed by atoms with Crippen LogP contribution in [0.25, 0.3) is 0 Å². The molecule has 1 aliphatic carbocycles. The van der Waals surface area contributed by atoms with E-state index in [1.165, 1.54) is 11.0 Å². The van der Waals surface area contributed by atoms with Gasteiger partial charge in [-0.1, -0.05) is 12.1 Å². The van der Waals surface area contributed by atoms with Crippen molar-refractivity contribution in [3.8, 4) is 5.75 Å². The van der Waals surface area contributed by atoms with E-state index >= 15 is 0 Å². The zero-order chi connectivity index (χ0) is 26.1. The highest BCUT2D eigenvalue weighted by molar-refractivity contribution is 7.99. The number of thioether (sulfide) groups is 1. The first-order chi connectivity index (χ1) is 17.8. The number of imide groups is 1. The summed E-state index contributed by atoms with van der Waals surface area (Å²) >= 11 is 1.87. The summed E-state index contributed by atoms with van der Waals surface area (Å²) in [5.74, 6) is -0.0317. The molecule has 2 atom stereocenters. The number of halogens is 1. The number of nitrogens with one attached hydrogen (secondary N) is 1. The summed E-state index contributed by atoms with van der Waals surface area (Å²) in [7, 11) is 0. The molecule has 5 rings (SSSR count). The van der Waals surface area contributed by atoms with Crippen molar-refractivity contribution in [3.63, 3.8) is 0 Å². The lowest BCUT2D eigenvalue weighted by Gasteiger charge is -2.42. The molecule has 196 valence electrons. The normalized spacial score (nSPS) is 25.5. The molecule has 2 unspecified atom stereocenters. The summed E-state index contributed by atoms with van der Waals surface area (Å²) in [6, 6.07) is 7.51. The minimum Gasteiger partial charge on any atom is -0.508 e. The first kappa shape index (κ1) is 25.7. The van der Waals surface area contributed by atoms with Crippen molar-refractivity contribution >= 4 is 29.5 Å². The van der Waals surface area contributed by atoms with Crippen LogP contribution >= 0.6 is 11.8 Å². The predicted molar refractivity (Wildman–Crippen MR) is 139 cm³/mol. The first-order valence-electron chi connectivity index (χ1n) is 13.0. The van der Waals surface area contributed by atoms with Crippen LogP contribution in [0.15, 0.2) is 36.5 Å². The van der Waals surface area contributed by atoms with Crippen molar-refractivity contribution in [1.82, 2.24) is 15.2 Å². The van der Waals surface area contributed by atoms with Gasteiger partial charge in [-0.3, -0.25) is 24.3 Å². The fourth-order valence-corrected chi connectivity index (χ4v) is 7.05. The summed E-state index contributed by atoms with van der Waals surface area (Å²) in [4.78, 5) is 45.7.